The fourth-order valence-electron chi connectivity index (χ4n) is 2.43. The summed E-state index contributed by atoms with van der Waals surface area (Å²) in [6.45, 7) is 0.492. The third-order valence-corrected chi connectivity index (χ3v) is 3.93. The first-order chi connectivity index (χ1) is 11.1. The van der Waals surface area contributed by atoms with Crippen molar-refractivity contribution in [1.29, 1.82) is 0 Å². The number of aliphatic imine (C=N–C) groups is 1. The molecule has 4 N–H and O–H groups in total. The highest BCUT2D eigenvalue weighted by atomic mass is 35.5. The number of piperazine rings is 1. The fourth-order valence-corrected chi connectivity index (χ4v) is 2.52. The lowest BCUT2D eigenvalue weighted by molar-refractivity contribution is -0.136. The number of nitrogens with zero attached hydrogens (tertiary/aromatic N) is 1. The molecule has 1 aromatic rings. The molecule has 0 bridgehead atoms. The summed E-state index contributed by atoms with van der Waals surface area (Å²) in [7, 11) is 0. The number of nitrogens with one attached hydrogen (secondary N) is 2. The van der Waals surface area contributed by atoms with E-state index in [1.807, 2.05) is 30.3 Å². The predicted octanol–water partition coefficient (Wildman–Crippen LogP) is 0.588. The SMILES string of the molecule is NC(CCl)=NCCC[C@@H]1NC(=O)[C@H](Cc2ccccc2)NC1=O. The minimum atomic E-state index is -0.522. The van der Waals surface area contributed by atoms with Crippen LogP contribution in [0.2, 0.25) is 0 Å². The van der Waals surface area contributed by atoms with Gasteiger partial charge in [-0.05, 0) is 18.4 Å². The van der Waals surface area contributed by atoms with E-state index < -0.39 is 12.1 Å². The maximum Gasteiger partial charge on any atom is 0.243 e. The van der Waals surface area contributed by atoms with Crippen molar-refractivity contribution in [2.24, 2.45) is 10.7 Å². The van der Waals surface area contributed by atoms with Gasteiger partial charge in [0.2, 0.25) is 11.8 Å². The second kappa shape index (κ2) is 8.53. The number of nitrogens with two attached hydrogens (primary N) is 1. The van der Waals surface area contributed by atoms with Crippen molar-refractivity contribution < 1.29 is 9.59 Å². The van der Waals surface area contributed by atoms with Crippen LogP contribution in [0.4, 0.5) is 0 Å². The molecular weight excluding hydrogens is 316 g/mol. The summed E-state index contributed by atoms with van der Waals surface area (Å²) in [4.78, 5) is 28.3. The Morgan fingerprint density at radius 1 is 1.13 bits per heavy atom. The summed E-state index contributed by atoms with van der Waals surface area (Å²) in [6.07, 6.45) is 1.66. The average Bonchev–Trinajstić information content (AvgIpc) is 2.56. The summed E-state index contributed by atoms with van der Waals surface area (Å²) in [6, 6.07) is 8.57. The lowest BCUT2D eigenvalue weighted by atomic mass is 10.0. The van der Waals surface area contributed by atoms with Gasteiger partial charge in [-0.3, -0.25) is 14.6 Å². The molecule has 1 aliphatic rings. The molecule has 0 unspecified atom stereocenters. The van der Waals surface area contributed by atoms with Gasteiger partial charge in [-0.25, -0.2) is 0 Å². The molecular formula is C16H21ClN4O2. The average molecular weight is 337 g/mol. The summed E-state index contributed by atoms with van der Waals surface area (Å²) in [5.41, 5.74) is 6.51. The van der Waals surface area contributed by atoms with Gasteiger partial charge in [-0.2, -0.15) is 0 Å². The van der Waals surface area contributed by atoms with E-state index >= 15 is 0 Å². The molecule has 1 aromatic carbocycles. The highest BCUT2D eigenvalue weighted by Gasteiger charge is 2.32. The zero-order valence-electron chi connectivity index (χ0n) is 12.8. The number of hydrogen-bond acceptors (Lipinski definition) is 3. The van der Waals surface area contributed by atoms with Gasteiger partial charge in [0.05, 0.1) is 5.88 Å². The van der Waals surface area contributed by atoms with Crippen LogP contribution in [0.5, 0.6) is 0 Å². The van der Waals surface area contributed by atoms with Crippen molar-refractivity contribution >= 4 is 29.3 Å². The van der Waals surface area contributed by atoms with Crippen LogP contribution in [0, 0.1) is 0 Å². The molecule has 0 aliphatic carbocycles. The van der Waals surface area contributed by atoms with Crippen LogP contribution in [0.1, 0.15) is 18.4 Å². The van der Waals surface area contributed by atoms with Gasteiger partial charge in [-0.15, -0.1) is 11.6 Å². The van der Waals surface area contributed by atoms with E-state index in [0.29, 0.717) is 31.6 Å². The van der Waals surface area contributed by atoms with Crippen LogP contribution in [-0.4, -0.2) is 42.2 Å². The van der Waals surface area contributed by atoms with E-state index in [1.54, 1.807) is 0 Å². The number of carbonyl (C=O) groups excluding carboxylic acids is 2. The lowest BCUT2D eigenvalue weighted by Gasteiger charge is -2.29. The standard InChI is InChI=1S/C16H21ClN4O2/c17-10-14(18)19-8-4-7-12-15(22)21-13(16(23)20-12)9-11-5-2-1-3-6-11/h1-3,5-6,12-13H,4,7-10H2,(H2,18,19)(H,20,23)(H,21,22)/t12-,13-/m0/s1. The minimum Gasteiger partial charge on any atom is -0.386 e. The molecule has 1 heterocycles. The van der Waals surface area contributed by atoms with Crippen LogP contribution in [0.3, 0.4) is 0 Å². The van der Waals surface area contributed by atoms with Gasteiger partial charge in [0.15, 0.2) is 0 Å². The maximum atomic E-state index is 12.2. The molecule has 0 aromatic heterocycles. The number of alkyl halides is 1. The van der Waals surface area contributed by atoms with Crippen molar-refractivity contribution in [2.45, 2.75) is 31.3 Å². The van der Waals surface area contributed by atoms with E-state index in [4.69, 9.17) is 17.3 Å². The van der Waals surface area contributed by atoms with E-state index in [9.17, 15) is 9.59 Å². The number of halogens is 1. The molecule has 1 saturated heterocycles. The predicted molar refractivity (Wildman–Crippen MR) is 90.5 cm³/mol. The van der Waals surface area contributed by atoms with Crippen molar-refractivity contribution in [3.8, 4) is 0 Å². The fraction of sp³-hybridized carbons (Fsp3) is 0.438. The summed E-state index contributed by atoms with van der Waals surface area (Å²) < 4.78 is 0. The van der Waals surface area contributed by atoms with Gasteiger partial charge in [-0.1, -0.05) is 30.3 Å². The van der Waals surface area contributed by atoms with E-state index in [2.05, 4.69) is 15.6 Å². The first-order valence-electron chi connectivity index (χ1n) is 7.59. The van der Waals surface area contributed by atoms with E-state index in [-0.39, 0.29) is 17.7 Å². The highest BCUT2D eigenvalue weighted by Crippen LogP contribution is 2.09. The van der Waals surface area contributed by atoms with Crippen molar-refractivity contribution in [3.05, 3.63) is 35.9 Å². The molecule has 7 heteroatoms. The van der Waals surface area contributed by atoms with Crippen LogP contribution < -0.4 is 16.4 Å². The number of amidine groups is 1. The van der Waals surface area contributed by atoms with Crippen molar-refractivity contribution in [3.63, 3.8) is 0 Å². The second-order valence-electron chi connectivity index (χ2n) is 5.46. The van der Waals surface area contributed by atoms with Gasteiger partial charge in [0, 0.05) is 13.0 Å². The van der Waals surface area contributed by atoms with Crippen molar-refractivity contribution in [1.82, 2.24) is 10.6 Å². The minimum absolute atomic E-state index is 0.151. The van der Waals surface area contributed by atoms with Crippen LogP contribution >= 0.6 is 11.6 Å². The zero-order chi connectivity index (χ0) is 16.7. The zero-order valence-corrected chi connectivity index (χ0v) is 13.6. The molecule has 23 heavy (non-hydrogen) atoms. The van der Waals surface area contributed by atoms with Gasteiger partial charge in [0.25, 0.3) is 0 Å². The Hall–Kier alpha value is -2.08. The Morgan fingerprint density at radius 3 is 2.48 bits per heavy atom. The first-order valence-corrected chi connectivity index (χ1v) is 8.13. The number of rotatable bonds is 7. The quantitative estimate of drug-likeness (QED) is 0.294. The first kappa shape index (κ1) is 17.3. The van der Waals surface area contributed by atoms with Crippen LogP contribution in [0.25, 0.3) is 0 Å². The summed E-state index contributed by atoms with van der Waals surface area (Å²) in [5.74, 6) is 0.274. The Kier molecular flexibility index (Phi) is 6.40. The number of carbonyl (C=O) groups is 2. The Morgan fingerprint density at radius 2 is 1.78 bits per heavy atom. The molecule has 124 valence electrons. The normalized spacial score (nSPS) is 21.7. The molecule has 2 amide bonds. The molecule has 1 fully saturated rings. The molecule has 0 spiro atoms. The van der Waals surface area contributed by atoms with Crippen molar-refractivity contribution in [2.75, 3.05) is 12.4 Å². The lowest BCUT2D eigenvalue weighted by Crippen LogP contribution is -2.62. The number of amides is 2. The van der Waals surface area contributed by atoms with E-state index in [1.165, 1.54) is 0 Å². The smallest absolute Gasteiger partial charge is 0.243 e. The van der Waals surface area contributed by atoms with Gasteiger partial charge < -0.3 is 16.4 Å². The third-order valence-electron chi connectivity index (χ3n) is 3.65. The molecule has 2 atom stereocenters. The number of hydrogen-bond donors (Lipinski definition) is 3. The number of benzene rings is 1. The maximum absolute atomic E-state index is 12.2. The third kappa shape index (κ3) is 5.25. The molecule has 2 rings (SSSR count). The summed E-state index contributed by atoms with van der Waals surface area (Å²) in [5, 5.41) is 5.57. The second-order valence-corrected chi connectivity index (χ2v) is 5.73. The molecule has 0 saturated carbocycles. The Balaban J connectivity index is 1.82. The Labute approximate surface area is 140 Å². The van der Waals surface area contributed by atoms with Gasteiger partial charge >= 0.3 is 0 Å². The van der Waals surface area contributed by atoms with Gasteiger partial charge in [0.1, 0.15) is 17.9 Å². The van der Waals surface area contributed by atoms with Crippen LogP contribution in [0.15, 0.2) is 35.3 Å². The van der Waals surface area contributed by atoms with E-state index in [0.717, 1.165) is 5.56 Å². The molecule has 1 aliphatic heterocycles. The monoisotopic (exact) mass is 336 g/mol. The Bertz CT molecular complexity index is 577. The molecule has 0 radical (unpaired) electrons. The highest BCUT2D eigenvalue weighted by molar-refractivity contribution is 6.27. The molecule has 6 nitrogen and oxygen atoms in total. The summed E-state index contributed by atoms with van der Waals surface area (Å²) >= 11 is 5.53. The largest absolute Gasteiger partial charge is 0.386 e. The topological polar surface area (TPSA) is 96.6 Å². The van der Waals surface area contributed by atoms with Crippen LogP contribution in [-0.2, 0) is 16.0 Å².